The fraction of sp³-hybridized carbons (Fsp3) is 0.286. The molecular weight excluding hydrogens is 526 g/mol. The van der Waals surface area contributed by atoms with Crippen molar-refractivity contribution in [1.29, 1.82) is 0 Å². The van der Waals surface area contributed by atoms with Crippen LogP contribution in [0.1, 0.15) is 30.0 Å². The van der Waals surface area contributed by atoms with Gasteiger partial charge in [-0.05, 0) is 78.8 Å². The Balaban J connectivity index is 1.49. The number of alkyl halides is 2. The summed E-state index contributed by atoms with van der Waals surface area (Å²) in [5.74, 6) is 0.696. The molecule has 0 saturated heterocycles. The van der Waals surface area contributed by atoms with E-state index in [0.29, 0.717) is 30.3 Å². The smallest absolute Gasteiger partial charge is 0.387 e. The molecule has 4 aromatic rings. The van der Waals surface area contributed by atoms with Crippen molar-refractivity contribution in [1.82, 2.24) is 14.8 Å². The number of hydrogen-bond acceptors (Lipinski definition) is 6. The number of hydrogen-bond donors (Lipinski definition) is 1. The molecule has 2 aromatic carbocycles. The van der Waals surface area contributed by atoms with Crippen LogP contribution in [-0.4, -0.2) is 42.7 Å². The Morgan fingerprint density at radius 3 is 2.56 bits per heavy atom. The molecule has 1 saturated carbocycles. The van der Waals surface area contributed by atoms with E-state index in [9.17, 15) is 17.2 Å². The van der Waals surface area contributed by atoms with Crippen molar-refractivity contribution in [3.05, 3.63) is 90.4 Å². The third-order valence-electron chi connectivity index (χ3n) is 6.31. The minimum Gasteiger partial charge on any atom is -0.489 e. The molecule has 0 aliphatic heterocycles. The summed E-state index contributed by atoms with van der Waals surface area (Å²) in [7, 11) is -3.43. The first-order valence-electron chi connectivity index (χ1n) is 12.5. The van der Waals surface area contributed by atoms with E-state index in [4.69, 9.17) is 14.6 Å². The zero-order chi connectivity index (χ0) is 27.4. The number of pyridine rings is 1. The Morgan fingerprint density at radius 1 is 1.05 bits per heavy atom. The maximum absolute atomic E-state index is 13.1. The molecule has 11 heteroatoms. The van der Waals surface area contributed by atoms with Crippen molar-refractivity contribution >= 4 is 15.7 Å². The van der Waals surface area contributed by atoms with Gasteiger partial charge in [-0.1, -0.05) is 18.2 Å². The van der Waals surface area contributed by atoms with Gasteiger partial charge in [0, 0.05) is 29.8 Å². The van der Waals surface area contributed by atoms with Crippen molar-refractivity contribution in [2.24, 2.45) is 5.92 Å². The van der Waals surface area contributed by atoms with Crippen molar-refractivity contribution in [3.8, 4) is 22.8 Å². The van der Waals surface area contributed by atoms with E-state index in [-0.39, 0.29) is 17.5 Å². The van der Waals surface area contributed by atoms with Crippen LogP contribution < -0.4 is 14.2 Å². The van der Waals surface area contributed by atoms with Gasteiger partial charge in [0.05, 0.1) is 24.6 Å². The molecule has 1 fully saturated rings. The van der Waals surface area contributed by atoms with E-state index in [0.717, 1.165) is 35.8 Å². The Kier molecular flexibility index (Phi) is 7.78. The maximum Gasteiger partial charge on any atom is 0.387 e. The molecule has 1 aliphatic carbocycles. The third kappa shape index (κ3) is 7.32. The summed E-state index contributed by atoms with van der Waals surface area (Å²) in [6.07, 6.45) is 9.04. The van der Waals surface area contributed by atoms with Gasteiger partial charge in [0.2, 0.25) is 10.0 Å². The Morgan fingerprint density at radius 2 is 1.85 bits per heavy atom. The van der Waals surface area contributed by atoms with Crippen LogP contribution in [0, 0.1) is 5.92 Å². The van der Waals surface area contributed by atoms with E-state index in [1.807, 2.05) is 30.5 Å². The molecule has 1 aliphatic rings. The highest BCUT2D eigenvalue weighted by Gasteiger charge is 2.24. The summed E-state index contributed by atoms with van der Waals surface area (Å²) in [4.78, 5) is 4.10. The fourth-order valence-electron chi connectivity index (χ4n) is 4.26. The monoisotopic (exact) mass is 554 g/mol. The molecule has 204 valence electrons. The average molecular weight is 555 g/mol. The Labute approximate surface area is 225 Å². The van der Waals surface area contributed by atoms with Crippen LogP contribution in [0.5, 0.6) is 11.5 Å². The molecule has 1 unspecified atom stereocenters. The summed E-state index contributed by atoms with van der Waals surface area (Å²) in [6, 6.07) is 17.3. The predicted molar refractivity (Wildman–Crippen MR) is 144 cm³/mol. The van der Waals surface area contributed by atoms with Crippen molar-refractivity contribution in [2.45, 2.75) is 31.9 Å². The molecular formula is C28H28F2N4O4S. The number of nitrogens with zero attached hydrogens (tertiary/aromatic N) is 3. The van der Waals surface area contributed by atoms with Gasteiger partial charge in [-0.2, -0.15) is 13.9 Å². The zero-order valence-electron chi connectivity index (χ0n) is 21.2. The molecule has 1 N–H and O–H groups in total. The Hall–Kier alpha value is -3.99. The topological polar surface area (TPSA) is 95.3 Å². The van der Waals surface area contributed by atoms with Crippen molar-refractivity contribution in [3.63, 3.8) is 0 Å². The van der Waals surface area contributed by atoms with Crippen LogP contribution >= 0.6 is 0 Å². The number of anilines is 1. The van der Waals surface area contributed by atoms with Crippen LogP contribution in [0.25, 0.3) is 11.3 Å². The number of nitrogens with one attached hydrogen (secondary N) is 1. The van der Waals surface area contributed by atoms with Gasteiger partial charge in [-0.3, -0.25) is 14.4 Å². The SMILES string of the molecule is CS(=O)(=O)Nc1cccc(-c2ccn(C(Cc3ccncc3)c3ccc(OC(F)F)c(OCC4CC4)c3)n2)c1. The maximum atomic E-state index is 13.1. The summed E-state index contributed by atoms with van der Waals surface area (Å²) in [5.41, 5.74) is 3.64. The second-order valence-corrected chi connectivity index (χ2v) is 11.3. The van der Waals surface area contributed by atoms with E-state index < -0.39 is 16.6 Å². The molecule has 39 heavy (non-hydrogen) atoms. The lowest BCUT2D eigenvalue weighted by molar-refractivity contribution is -0.0515. The largest absolute Gasteiger partial charge is 0.489 e. The second kappa shape index (κ2) is 11.4. The Bertz CT molecular complexity index is 1530. The summed E-state index contributed by atoms with van der Waals surface area (Å²) < 4.78 is 64.4. The molecule has 5 rings (SSSR count). The summed E-state index contributed by atoms with van der Waals surface area (Å²) in [5, 5.41) is 4.81. The van der Waals surface area contributed by atoms with Gasteiger partial charge in [0.15, 0.2) is 11.5 Å². The van der Waals surface area contributed by atoms with Crippen LogP contribution in [-0.2, 0) is 16.4 Å². The van der Waals surface area contributed by atoms with E-state index in [1.165, 1.54) is 6.07 Å². The number of ether oxygens (including phenoxy) is 2. The normalized spacial score (nSPS) is 14.3. The van der Waals surface area contributed by atoms with Crippen LogP contribution in [0.15, 0.2) is 79.3 Å². The van der Waals surface area contributed by atoms with E-state index >= 15 is 0 Å². The van der Waals surface area contributed by atoms with E-state index in [1.54, 1.807) is 47.4 Å². The number of benzene rings is 2. The minimum absolute atomic E-state index is 0.00610. The first-order valence-corrected chi connectivity index (χ1v) is 14.4. The number of sulfonamides is 1. The molecule has 0 amide bonds. The minimum atomic E-state index is -3.43. The fourth-order valence-corrected chi connectivity index (χ4v) is 4.81. The standard InChI is InChI=1S/C28H28F2N4O4S/c1-39(35,36)33-23-4-2-3-21(16-23)24-11-14-34(32-24)25(15-19-9-12-31-13-10-19)22-7-8-26(38-28(29)30)27(17-22)37-18-20-5-6-20/h2-4,7-14,16-17,20,25,28,33H,5-6,15,18H2,1H3. The van der Waals surface area contributed by atoms with Crippen LogP contribution in [0.3, 0.4) is 0 Å². The molecule has 8 nitrogen and oxygen atoms in total. The average Bonchev–Trinajstić information content (AvgIpc) is 3.60. The van der Waals surface area contributed by atoms with Gasteiger partial charge in [0.1, 0.15) is 0 Å². The van der Waals surface area contributed by atoms with Gasteiger partial charge >= 0.3 is 6.61 Å². The van der Waals surface area contributed by atoms with Crippen molar-refractivity contribution < 1.29 is 26.7 Å². The molecule has 0 spiro atoms. The third-order valence-corrected chi connectivity index (χ3v) is 6.91. The molecule has 2 heterocycles. The molecule has 2 aromatic heterocycles. The van der Waals surface area contributed by atoms with Crippen LogP contribution in [0.2, 0.25) is 0 Å². The molecule has 0 radical (unpaired) electrons. The summed E-state index contributed by atoms with van der Waals surface area (Å²) >= 11 is 0. The first kappa shape index (κ1) is 26.6. The van der Waals surface area contributed by atoms with Crippen molar-refractivity contribution in [2.75, 3.05) is 17.6 Å². The van der Waals surface area contributed by atoms with Crippen LogP contribution in [0.4, 0.5) is 14.5 Å². The lowest BCUT2D eigenvalue weighted by Gasteiger charge is -2.21. The number of halogens is 2. The quantitative estimate of drug-likeness (QED) is 0.247. The van der Waals surface area contributed by atoms with Gasteiger partial charge in [-0.15, -0.1) is 0 Å². The molecule has 0 bridgehead atoms. The molecule has 1 atom stereocenters. The van der Waals surface area contributed by atoms with Gasteiger partial charge < -0.3 is 9.47 Å². The number of aromatic nitrogens is 3. The van der Waals surface area contributed by atoms with Gasteiger partial charge in [-0.25, -0.2) is 8.42 Å². The highest BCUT2D eigenvalue weighted by molar-refractivity contribution is 7.92. The second-order valence-electron chi connectivity index (χ2n) is 9.55. The lowest BCUT2D eigenvalue weighted by Crippen LogP contribution is -2.15. The highest BCUT2D eigenvalue weighted by atomic mass is 32.2. The lowest BCUT2D eigenvalue weighted by atomic mass is 9.99. The first-order chi connectivity index (χ1) is 18.7. The summed E-state index contributed by atoms with van der Waals surface area (Å²) in [6.45, 7) is -2.52. The van der Waals surface area contributed by atoms with Gasteiger partial charge in [0.25, 0.3) is 0 Å². The predicted octanol–water partition coefficient (Wildman–Crippen LogP) is 5.54. The zero-order valence-corrected chi connectivity index (χ0v) is 22.0. The van der Waals surface area contributed by atoms with E-state index in [2.05, 4.69) is 9.71 Å². The number of rotatable bonds is 12. The highest BCUT2D eigenvalue weighted by Crippen LogP contribution is 2.37.